The van der Waals surface area contributed by atoms with Crippen LogP contribution in [0.4, 0.5) is 10.5 Å². The van der Waals surface area contributed by atoms with Crippen LogP contribution < -0.4 is 10.6 Å². The summed E-state index contributed by atoms with van der Waals surface area (Å²) < 4.78 is 0. The zero-order valence-electron chi connectivity index (χ0n) is 9.49. The third-order valence-electron chi connectivity index (χ3n) is 2.21. The number of para-hydroxylation sites is 1. The lowest BCUT2D eigenvalue weighted by Gasteiger charge is -2.12. The van der Waals surface area contributed by atoms with Crippen LogP contribution in [0, 0.1) is 0 Å². The average molecular weight is 220 g/mol. The van der Waals surface area contributed by atoms with E-state index in [0.717, 1.165) is 0 Å². The first-order chi connectivity index (χ1) is 7.63. The van der Waals surface area contributed by atoms with Gasteiger partial charge >= 0.3 is 6.03 Å². The number of benzene rings is 1. The van der Waals surface area contributed by atoms with Crippen molar-refractivity contribution in [2.45, 2.75) is 26.3 Å². The minimum absolute atomic E-state index is 0.0169. The van der Waals surface area contributed by atoms with Crippen molar-refractivity contribution in [3.05, 3.63) is 30.3 Å². The highest BCUT2D eigenvalue weighted by atomic mass is 16.2. The summed E-state index contributed by atoms with van der Waals surface area (Å²) in [5.74, 6) is 0.0169. The number of ketones is 1. The summed E-state index contributed by atoms with van der Waals surface area (Å²) in [7, 11) is 0. The molecule has 0 saturated heterocycles. The smallest absolute Gasteiger partial charge is 0.319 e. The van der Waals surface area contributed by atoms with Crippen molar-refractivity contribution in [1.82, 2.24) is 5.32 Å². The minimum Gasteiger partial charge on any atom is -0.328 e. The first-order valence-electron chi connectivity index (χ1n) is 5.28. The Morgan fingerprint density at radius 2 is 1.88 bits per heavy atom. The van der Waals surface area contributed by atoms with Crippen LogP contribution in [0.2, 0.25) is 0 Å². The molecule has 0 spiro atoms. The second kappa shape index (κ2) is 5.90. The van der Waals surface area contributed by atoms with E-state index in [9.17, 15) is 9.59 Å². The van der Waals surface area contributed by atoms with Crippen molar-refractivity contribution in [1.29, 1.82) is 0 Å². The molecular formula is C12H16N2O2. The predicted octanol–water partition coefficient (Wildman–Crippen LogP) is 2.18. The van der Waals surface area contributed by atoms with E-state index in [0.29, 0.717) is 12.1 Å². The molecule has 16 heavy (non-hydrogen) atoms. The number of hydrogen-bond donors (Lipinski definition) is 2. The molecule has 1 aromatic rings. The fourth-order valence-electron chi connectivity index (χ4n) is 1.27. The van der Waals surface area contributed by atoms with Gasteiger partial charge in [-0.15, -0.1) is 0 Å². The number of Topliss-reactive ketones (excluding diaryl/α,β-unsaturated/α-hetero) is 1. The monoisotopic (exact) mass is 220 g/mol. The van der Waals surface area contributed by atoms with Gasteiger partial charge in [0.05, 0.1) is 6.04 Å². The van der Waals surface area contributed by atoms with Gasteiger partial charge in [-0.3, -0.25) is 4.79 Å². The van der Waals surface area contributed by atoms with Crippen LogP contribution in [0.25, 0.3) is 0 Å². The summed E-state index contributed by atoms with van der Waals surface area (Å²) in [5.41, 5.74) is 0.705. The molecule has 0 aliphatic rings. The predicted molar refractivity (Wildman–Crippen MR) is 63.4 cm³/mol. The van der Waals surface area contributed by atoms with Gasteiger partial charge in [0.25, 0.3) is 0 Å². The fraction of sp³-hybridized carbons (Fsp3) is 0.333. The van der Waals surface area contributed by atoms with Crippen LogP contribution in [0.5, 0.6) is 0 Å². The number of amides is 2. The SMILES string of the molecule is CCC(=O)C(C)NC(=O)Nc1ccccc1. The van der Waals surface area contributed by atoms with Crippen molar-refractivity contribution in [3.63, 3.8) is 0 Å². The van der Waals surface area contributed by atoms with Gasteiger partial charge in [0.1, 0.15) is 0 Å². The van der Waals surface area contributed by atoms with E-state index in [-0.39, 0.29) is 11.8 Å². The Kier molecular flexibility index (Phi) is 4.51. The molecule has 1 rings (SSSR count). The van der Waals surface area contributed by atoms with Gasteiger partial charge in [0.15, 0.2) is 5.78 Å². The molecule has 2 amide bonds. The molecule has 0 heterocycles. The van der Waals surface area contributed by atoms with E-state index in [1.807, 2.05) is 18.2 Å². The Bertz CT molecular complexity index is 363. The minimum atomic E-state index is -0.450. The first kappa shape index (κ1) is 12.2. The highest BCUT2D eigenvalue weighted by molar-refractivity contribution is 5.93. The lowest BCUT2D eigenvalue weighted by molar-refractivity contribution is -0.120. The van der Waals surface area contributed by atoms with Gasteiger partial charge in [0, 0.05) is 12.1 Å². The summed E-state index contributed by atoms with van der Waals surface area (Å²) in [6, 6.07) is 8.28. The molecule has 1 aromatic carbocycles. The summed E-state index contributed by atoms with van der Waals surface area (Å²) >= 11 is 0. The zero-order valence-corrected chi connectivity index (χ0v) is 9.49. The van der Waals surface area contributed by atoms with E-state index in [4.69, 9.17) is 0 Å². The van der Waals surface area contributed by atoms with E-state index in [2.05, 4.69) is 10.6 Å². The Morgan fingerprint density at radius 3 is 2.44 bits per heavy atom. The summed E-state index contributed by atoms with van der Waals surface area (Å²) in [4.78, 5) is 22.7. The second-order valence-corrected chi connectivity index (χ2v) is 3.51. The number of nitrogens with one attached hydrogen (secondary N) is 2. The van der Waals surface area contributed by atoms with Gasteiger partial charge in [0.2, 0.25) is 0 Å². The van der Waals surface area contributed by atoms with Crippen LogP contribution in [0.15, 0.2) is 30.3 Å². The highest BCUT2D eigenvalue weighted by Crippen LogP contribution is 2.04. The van der Waals surface area contributed by atoms with Gasteiger partial charge in [-0.1, -0.05) is 25.1 Å². The maximum Gasteiger partial charge on any atom is 0.319 e. The molecular weight excluding hydrogens is 204 g/mol. The van der Waals surface area contributed by atoms with Crippen molar-refractivity contribution in [3.8, 4) is 0 Å². The summed E-state index contributed by atoms with van der Waals surface area (Å²) in [5, 5.41) is 5.23. The molecule has 0 radical (unpaired) electrons. The van der Waals surface area contributed by atoms with Gasteiger partial charge < -0.3 is 10.6 Å². The number of carbonyl (C=O) groups is 2. The molecule has 0 aliphatic heterocycles. The van der Waals surface area contributed by atoms with Gasteiger partial charge in [-0.05, 0) is 19.1 Å². The zero-order chi connectivity index (χ0) is 12.0. The standard InChI is InChI=1S/C12H16N2O2/c1-3-11(15)9(2)13-12(16)14-10-7-5-4-6-8-10/h4-9H,3H2,1-2H3,(H2,13,14,16). The van der Waals surface area contributed by atoms with Crippen LogP contribution in [0.3, 0.4) is 0 Å². The number of rotatable bonds is 4. The molecule has 1 unspecified atom stereocenters. The molecule has 86 valence electrons. The highest BCUT2D eigenvalue weighted by Gasteiger charge is 2.13. The molecule has 0 bridgehead atoms. The molecule has 4 nitrogen and oxygen atoms in total. The second-order valence-electron chi connectivity index (χ2n) is 3.51. The van der Waals surface area contributed by atoms with Crippen molar-refractivity contribution < 1.29 is 9.59 Å². The van der Waals surface area contributed by atoms with Gasteiger partial charge in [-0.2, -0.15) is 0 Å². The maximum atomic E-state index is 11.5. The van der Waals surface area contributed by atoms with Crippen LogP contribution >= 0.6 is 0 Å². The van der Waals surface area contributed by atoms with E-state index >= 15 is 0 Å². The van der Waals surface area contributed by atoms with Crippen LogP contribution in [-0.2, 0) is 4.79 Å². The number of carbonyl (C=O) groups excluding carboxylic acids is 2. The number of hydrogen-bond acceptors (Lipinski definition) is 2. The van der Waals surface area contributed by atoms with Gasteiger partial charge in [-0.25, -0.2) is 4.79 Å². The van der Waals surface area contributed by atoms with E-state index in [1.165, 1.54) is 0 Å². The van der Waals surface area contributed by atoms with Crippen molar-refractivity contribution >= 4 is 17.5 Å². The Morgan fingerprint density at radius 1 is 1.25 bits per heavy atom. The summed E-state index contributed by atoms with van der Waals surface area (Å²) in [6.07, 6.45) is 0.423. The maximum absolute atomic E-state index is 11.5. The lowest BCUT2D eigenvalue weighted by Crippen LogP contribution is -2.40. The van der Waals surface area contributed by atoms with Crippen LogP contribution in [-0.4, -0.2) is 17.9 Å². The quantitative estimate of drug-likeness (QED) is 0.817. The third kappa shape index (κ3) is 3.73. The lowest BCUT2D eigenvalue weighted by atomic mass is 10.2. The Balaban J connectivity index is 2.45. The third-order valence-corrected chi connectivity index (χ3v) is 2.21. The van der Waals surface area contributed by atoms with E-state index in [1.54, 1.807) is 26.0 Å². The first-order valence-corrected chi connectivity index (χ1v) is 5.28. The molecule has 0 fully saturated rings. The molecule has 0 aliphatic carbocycles. The Hall–Kier alpha value is -1.84. The topological polar surface area (TPSA) is 58.2 Å². The number of anilines is 1. The molecule has 1 atom stereocenters. The number of urea groups is 1. The molecule has 2 N–H and O–H groups in total. The average Bonchev–Trinajstić information content (AvgIpc) is 2.29. The Labute approximate surface area is 95.0 Å². The fourth-order valence-corrected chi connectivity index (χ4v) is 1.27. The normalized spacial score (nSPS) is 11.6. The van der Waals surface area contributed by atoms with Crippen molar-refractivity contribution in [2.24, 2.45) is 0 Å². The molecule has 4 heteroatoms. The molecule has 0 aromatic heterocycles. The van der Waals surface area contributed by atoms with E-state index < -0.39 is 6.04 Å². The summed E-state index contributed by atoms with van der Waals surface area (Å²) in [6.45, 7) is 3.45. The largest absolute Gasteiger partial charge is 0.328 e. The molecule has 0 saturated carbocycles. The van der Waals surface area contributed by atoms with Crippen molar-refractivity contribution in [2.75, 3.05) is 5.32 Å². The van der Waals surface area contributed by atoms with Crippen LogP contribution in [0.1, 0.15) is 20.3 Å².